The Balaban J connectivity index is 3.67. The quantitative estimate of drug-likeness (QED) is 0.515. The third-order valence-electron chi connectivity index (χ3n) is 0.805. The fraction of sp³-hybridized carbons (Fsp3) is 0.333. The predicted octanol–water partition coefficient (Wildman–Crippen LogP) is -0.595. The van der Waals surface area contributed by atoms with Crippen molar-refractivity contribution in [1.82, 2.24) is 0 Å². The van der Waals surface area contributed by atoms with Crippen LogP contribution < -0.4 is 11.5 Å². The molecule has 0 aliphatic rings. The molecule has 0 rings (SSSR count). The molecule has 4 nitrogen and oxygen atoms in total. The Morgan fingerprint density at radius 1 is 1.70 bits per heavy atom. The molecular formula is C6H11N3O. The SMILES string of the molecule is CC(C=NCC(N)=O)=CN. The van der Waals surface area contributed by atoms with Crippen LogP contribution in [-0.2, 0) is 4.79 Å². The second kappa shape index (κ2) is 4.55. The van der Waals surface area contributed by atoms with Crippen LogP contribution in [0, 0.1) is 0 Å². The largest absolute Gasteiger partial charge is 0.404 e. The van der Waals surface area contributed by atoms with E-state index >= 15 is 0 Å². The molecule has 0 aromatic heterocycles. The Morgan fingerprint density at radius 2 is 2.30 bits per heavy atom. The van der Waals surface area contributed by atoms with Crippen LogP contribution >= 0.6 is 0 Å². The van der Waals surface area contributed by atoms with E-state index in [1.807, 2.05) is 0 Å². The van der Waals surface area contributed by atoms with Gasteiger partial charge in [-0.1, -0.05) is 0 Å². The maximum atomic E-state index is 10.1. The molecule has 0 heterocycles. The molecule has 1 amide bonds. The van der Waals surface area contributed by atoms with E-state index in [2.05, 4.69) is 4.99 Å². The van der Waals surface area contributed by atoms with Crippen LogP contribution in [0.3, 0.4) is 0 Å². The Morgan fingerprint density at radius 3 is 2.70 bits per heavy atom. The lowest BCUT2D eigenvalue weighted by Gasteiger charge is -1.86. The van der Waals surface area contributed by atoms with Gasteiger partial charge < -0.3 is 11.5 Å². The van der Waals surface area contributed by atoms with Gasteiger partial charge in [-0.15, -0.1) is 0 Å². The van der Waals surface area contributed by atoms with Crippen molar-refractivity contribution in [3.8, 4) is 0 Å². The van der Waals surface area contributed by atoms with Crippen molar-refractivity contribution in [3.05, 3.63) is 11.8 Å². The third-order valence-corrected chi connectivity index (χ3v) is 0.805. The van der Waals surface area contributed by atoms with E-state index < -0.39 is 5.91 Å². The van der Waals surface area contributed by atoms with Crippen molar-refractivity contribution in [3.63, 3.8) is 0 Å². The van der Waals surface area contributed by atoms with Gasteiger partial charge in [0.2, 0.25) is 5.91 Å². The maximum Gasteiger partial charge on any atom is 0.239 e. The highest BCUT2D eigenvalue weighted by atomic mass is 16.1. The smallest absolute Gasteiger partial charge is 0.239 e. The van der Waals surface area contributed by atoms with Crippen molar-refractivity contribution < 1.29 is 4.79 Å². The van der Waals surface area contributed by atoms with Gasteiger partial charge in [0.25, 0.3) is 0 Å². The van der Waals surface area contributed by atoms with E-state index in [-0.39, 0.29) is 6.54 Å². The van der Waals surface area contributed by atoms with Gasteiger partial charge in [0.1, 0.15) is 6.54 Å². The first kappa shape index (κ1) is 8.68. The zero-order valence-electron chi connectivity index (χ0n) is 5.87. The highest BCUT2D eigenvalue weighted by Gasteiger charge is 1.86. The van der Waals surface area contributed by atoms with Crippen LogP contribution in [0.2, 0.25) is 0 Å². The van der Waals surface area contributed by atoms with Gasteiger partial charge >= 0.3 is 0 Å². The van der Waals surface area contributed by atoms with Crippen molar-refractivity contribution in [2.75, 3.05) is 6.54 Å². The Hall–Kier alpha value is -1.32. The molecule has 10 heavy (non-hydrogen) atoms. The average molecular weight is 141 g/mol. The molecule has 4 heteroatoms. The summed E-state index contributed by atoms with van der Waals surface area (Å²) in [5, 5.41) is 0. The molecule has 0 spiro atoms. The molecule has 0 aromatic carbocycles. The Labute approximate surface area is 59.6 Å². The molecule has 0 aromatic rings. The highest BCUT2D eigenvalue weighted by molar-refractivity contribution is 5.82. The summed E-state index contributed by atoms with van der Waals surface area (Å²) in [6.07, 6.45) is 2.91. The fourth-order valence-electron chi connectivity index (χ4n) is 0.323. The number of hydrogen-bond acceptors (Lipinski definition) is 3. The first-order valence-electron chi connectivity index (χ1n) is 2.83. The van der Waals surface area contributed by atoms with E-state index in [0.717, 1.165) is 5.57 Å². The lowest BCUT2D eigenvalue weighted by molar-refractivity contribution is -0.116. The van der Waals surface area contributed by atoms with Crippen molar-refractivity contribution in [2.24, 2.45) is 16.5 Å². The summed E-state index contributed by atoms with van der Waals surface area (Å²) in [5.41, 5.74) is 10.7. The van der Waals surface area contributed by atoms with Gasteiger partial charge in [-0.2, -0.15) is 0 Å². The van der Waals surface area contributed by atoms with Crippen LogP contribution in [0.5, 0.6) is 0 Å². The first-order chi connectivity index (χ1) is 4.66. The Kier molecular flexibility index (Phi) is 3.95. The van der Waals surface area contributed by atoms with Gasteiger partial charge in [-0.3, -0.25) is 9.79 Å². The van der Waals surface area contributed by atoms with E-state index in [1.165, 1.54) is 12.4 Å². The van der Waals surface area contributed by atoms with E-state index in [9.17, 15) is 4.79 Å². The van der Waals surface area contributed by atoms with Gasteiger partial charge in [0.05, 0.1) is 0 Å². The van der Waals surface area contributed by atoms with Crippen LogP contribution in [-0.4, -0.2) is 18.7 Å². The molecule has 4 N–H and O–H groups in total. The second-order valence-corrected chi connectivity index (χ2v) is 1.85. The fourth-order valence-corrected chi connectivity index (χ4v) is 0.323. The number of hydrogen-bond donors (Lipinski definition) is 2. The van der Waals surface area contributed by atoms with Crippen molar-refractivity contribution in [1.29, 1.82) is 0 Å². The van der Waals surface area contributed by atoms with Crippen LogP contribution in [0.15, 0.2) is 16.8 Å². The summed E-state index contributed by atoms with van der Waals surface area (Å²) in [7, 11) is 0. The minimum atomic E-state index is -0.443. The van der Waals surface area contributed by atoms with E-state index in [0.29, 0.717) is 0 Å². The molecule has 0 radical (unpaired) electrons. The topological polar surface area (TPSA) is 81.5 Å². The lowest BCUT2D eigenvalue weighted by atomic mass is 10.4. The second-order valence-electron chi connectivity index (χ2n) is 1.85. The first-order valence-corrected chi connectivity index (χ1v) is 2.83. The standard InChI is InChI=1S/C6H11N3O/c1-5(2-7)3-9-4-6(8)10/h2-3H,4,7H2,1H3,(H2,8,10). The van der Waals surface area contributed by atoms with Gasteiger partial charge in [-0.05, 0) is 18.7 Å². The van der Waals surface area contributed by atoms with Crippen LogP contribution in [0.4, 0.5) is 0 Å². The highest BCUT2D eigenvalue weighted by Crippen LogP contribution is 1.81. The van der Waals surface area contributed by atoms with Crippen molar-refractivity contribution in [2.45, 2.75) is 6.92 Å². The molecule has 56 valence electrons. The molecule has 0 bridgehead atoms. The number of carbonyl (C=O) groups is 1. The summed E-state index contributed by atoms with van der Waals surface area (Å²) in [5.74, 6) is -0.443. The normalized spacial score (nSPS) is 12.3. The predicted molar refractivity (Wildman–Crippen MR) is 40.5 cm³/mol. The molecule has 0 aliphatic carbocycles. The van der Waals surface area contributed by atoms with Crippen LogP contribution in [0.25, 0.3) is 0 Å². The van der Waals surface area contributed by atoms with Crippen molar-refractivity contribution >= 4 is 12.1 Å². The number of amides is 1. The van der Waals surface area contributed by atoms with Crippen LogP contribution in [0.1, 0.15) is 6.92 Å². The summed E-state index contributed by atoms with van der Waals surface area (Å²) in [6, 6.07) is 0. The lowest BCUT2D eigenvalue weighted by Crippen LogP contribution is -2.14. The number of aliphatic imine (C=N–C) groups is 1. The minimum absolute atomic E-state index is 0.0190. The molecular weight excluding hydrogens is 130 g/mol. The van der Waals surface area contributed by atoms with Gasteiger partial charge in [0.15, 0.2) is 0 Å². The molecule has 0 atom stereocenters. The van der Waals surface area contributed by atoms with Gasteiger partial charge in [-0.25, -0.2) is 0 Å². The number of nitrogens with two attached hydrogens (primary N) is 2. The summed E-state index contributed by atoms with van der Waals surface area (Å²) < 4.78 is 0. The molecule has 0 fully saturated rings. The summed E-state index contributed by atoms with van der Waals surface area (Å²) in [6.45, 7) is 1.80. The maximum absolute atomic E-state index is 10.1. The zero-order chi connectivity index (χ0) is 7.98. The van der Waals surface area contributed by atoms with E-state index in [1.54, 1.807) is 6.92 Å². The third kappa shape index (κ3) is 4.83. The molecule has 0 saturated carbocycles. The monoisotopic (exact) mass is 141 g/mol. The number of carbonyl (C=O) groups excluding carboxylic acids is 1. The Bertz CT molecular complexity index is 172. The summed E-state index contributed by atoms with van der Waals surface area (Å²) >= 11 is 0. The van der Waals surface area contributed by atoms with Gasteiger partial charge in [0, 0.05) is 6.21 Å². The summed E-state index contributed by atoms with van der Waals surface area (Å²) in [4.78, 5) is 13.8. The average Bonchev–Trinajstić information content (AvgIpc) is 1.87. The van der Waals surface area contributed by atoms with E-state index in [4.69, 9.17) is 11.5 Å². The molecule has 0 unspecified atom stereocenters. The number of rotatable bonds is 3. The number of allylic oxidation sites excluding steroid dienone is 1. The molecule has 0 aliphatic heterocycles. The zero-order valence-corrected chi connectivity index (χ0v) is 5.87. The minimum Gasteiger partial charge on any atom is -0.404 e. The number of nitrogens with zero attached hydrogens (tertiary/aromatic N) is 1. The number of primary amides is 1. The molecule has 0 saturated heterocycles.